The molecule has 1 atom stereocenters. The Morgan fingerprint density at radius 1 is 1.19 bits per heavy atom. The minimum Gasteiger partial charge on any atom is -0.469 e. The molecule has 2 rings (SSSR count). The molecule has 2 aromatic rings. The van der Waals surface area contributed by atoms with Crippen molar-refractivity contribution in [1.82, 2.24) is 5.32 Å². The Morgan fingerprint density at radius 2 is 2.00 bits per heavy atom. The summed E-state index contributed by atoms with van der Waals surface area (Å²) in [5, 5.41) is 3.28. The van der Waals surface area contributed by atoms with E-state index in [0.717, 1.165) is 24.8 Å². The van der Waals surface area contributed by atoms with Crippen LogP contribution in [0.25, 0.3) is 0 Å². The van der Waals surface area contributed by atoms with Crippen LogP contribution in [0.3, 0.4) is 0 Å². The summed E-state index contributed by atoms with van der Waals surface area (Å²) in [6.45, 7) is 2.75. The van der Waals surface area contributed by atoms with E-state index in [1.807, 2.05) is 13.0 Å². The third kappa shape index (κ3) is 4.36. The fourth-order valence-electron chi connectivity index (χ4n) is 2.19. The molecule has 1 unspecified atom stereocenters. The highest BCUT2D eigenvalue weighted by Gasteiger charge is 2.31. The zero-order valence-electron chi connectivity index (χ0n) is 11.8. The standard InChI is InChI=1S/C16H18F3NO/c1-2-8-20-15(11-14-7-4-9-21-14)12-5-3-6-13(10-12)16(17,18)19/h3-7,9-10,15,20H,2,8,11H2,1H3. The molecule has 1 heterocycles. The van der Waals surface area contributed by atoms with Gasteiger partial charge >= 0.3 is 6.18 Å². The second kappa shape index (κ2) is 6.80. The Balaban J connectivity index is 2.23. The van der Waals surface area contributed by atoms with Crippen LogP contribution in [0.15, 0.2) is 47.1 Å². The molecule has 0 saturated heterocycles. The molecule has 0 amide bonds. The molecule has 0 radical (unpaired) electrons. The maximum absolute atomic E-state index is 12.8. The monoisotopic (exact) mass is 297 g/mol. The van der Waals surface area contributed by atoms with Crippen LogP contribution in [0.4, 0.5) is 13.2 Å². The molecule has 114 valence electrons. The van der Waals surface area contributed by atoms with E-state index in [2.05, 4.69) is 5.32 Å². The highest BCUT2D eigenvalue weighted by molar-refractivity contribution is 5.28. The molecule has 0 spiro atoms. The number of benzene rings is 1. The Bertz CT molecular complexity index is 549. The van der Waals surface area contributed by atoms with Crippen LogP contribution in [-0.4, -0.2) is 6.54 Å². The van der Waals surface area contributed by atoms with Gasteiger partial charge in [-0.05, 0) is 42.8 Å². The van der Waals surface area contributed by atoms with Gasteiger partial charge in [-0.15, -0.1) is 0 Å². The van der Waals surface area contributed by atoms with Gasteiger partial charge in [-0.25, -0.2) is 0 Å². The van der Waals surface area contributed by atoms with Gasteiger partial charge < -0.3 is 9.73 Å². The van der Waals surface area contributed by atoms with Gasteiger partial charge in [-0.1, -0.05) is 19.1 Å². The van der Waals surface area contributed by atoms with E-state index in [-0.39, 0.29) is 6.04 Å². The molecule has 21 heavy (non-hydrogen) atoms. The summed E-state index contributed by atoms with van der Waals surface area (Å²) in [6, 6.07) is 8.86. The Morgan fingerprint density at radius 3 is 2.62 bits per heavy atom. The van der Waals surface area contributed by atoms with Crippen molar-refractivity contribution in [1.29, 1.82) is 0 Å². The third-order valence-corrected chi connectivity index (χ3v) is 3.24. The minimum atomic E-state index is -4.32. The van der Waals surface area contributed by atoms with E-state index < -0.39 is 11.7 Å². The van der Waals surface area contributed by atoms with Crippen molar-refractivity contribution in [3.8, 4) is 0 Å². The van der Waals surface area contributed by atoms with E-state index in [1.54, 1.807) is 18.4 Å². The Hall–Kier alpha value is -1.75. The van der Waals surface area contributed by atoms with Crippen LogP contribution in [0.1, 0.15) is 36.3 Å². The van der Waals surface area contributed by atoms with Gasteiger partial charge in [0, 0.05) is 12.5 Å². The van der Waals surface area contributed by atoms with Crippen molar-refractivity contribution >= 4 is 0 Å². The van der Waals surface area contributed by atoms with Crippen molar-refractivity contribution in [2.24, 2.45) is 0 Å². The van der Waals surface area contributed by atoms with Crippen LogP contribution < -0.4 is 5.32 Å². The predicted octanol–water partition coefficient (Wildman–Crippen LogP) is 4.58. The molecule has 1 aromatic heterocycles. The lowest BCUT2D eigenvalue weighted by Gasteiger charge is -2.19. The molecule has 0 aliphatic rings. The second-order valence-corrected chi connectivity index (χ2v) is 4.91. The van der Waals surface area contributed by atoms with Gasteiger partial charge in [-0.2, -0.15) is 13.2 Å². The van der Waals surface area contributed by atoms with Crippen LogP contribution >= 0.6 is 0 Å². The van der Waals surface area contributed by atoms with Crippen molar-refractivity contribution in [3.63, 3.8) is 0 Å². The highest BCUT2D eigenvalue weighted by atomic mass is 19.4. The summed E-state index contributed by atoms with van der Waals surface area (Å²) in [5.41, 5.74) is -0.00239. The van der Waals surface area contributed by atoms with E-state index in [0.29, 0.717) is 12.0 Å². The van der Waals surface area contributed by atoms with Gasteiger partial charge in [-0.3, -0.25) is 0 Å². The summed E-state index contributed by atoms with van der Waals surface area (Å²) < 4.78 is 43.8. The SMILES string of the molecule is CCCNC(Cc1ccco1)c1cccc(C(F)(F)F)c1. The summed E-state index contributed by atoms with van der Waals surface area (Å²) in [6.07, 6.45) is -1.32. The van der Waals surface area contributed by atoms with E-state index in [4.69, 9.17) is 4.42 Å². The largest absolute Gasteiger partial charge is 0.469 e. The van der Waals surface area contributed by atoms with E-state index in [9.17, 15) is 13.2 Å². The molecule has 5 heteroatoms. The predicted molar refractivity (Wildman–Crippen MR) is 74.9 cm³/mol. The maximum atomic E-state index is 12.8. The van der Waals surface area contributed by atoms with E-state index >= 15 is 0 Å². The van der Waals surface area contributed by atoms with Gasteiger partial charge in [0.2, 0.25) is 0 Å². The zero-order chi connectivity index (χ0) is 15.3. The first-order chi connectivity index (χ1) is 10.0. The lowest BCUT2D eigenvalue weighted by molar-refractivity contribution is -0.137. The number of rotatable bonds is 6. The van der Waals surface area contributed by atoms with Gasteiger partial charge in [0.05, 0.1) is 11.8 Å². The van der Waals surface area contributed by atoms with Crippen molar-refractivity contribution in [2.75, 3.05) is 6.54 Å². The lowest BCUT2D eigenvalue weighted by Crippen LogP contribution is -2.24. The number of halogens is 3. The van der Waals surface area contributed by atoms with Crippen LogP contribution in [0, 0.1) is 0 Å². The molecule has 2 nitrogen and oxygen atoms in total. The van der Waals surface area contributed by atoms with Crippen molar-refractivity contribution in [3.05, 3.63) is 59.5 Å². The molecular weight excluding hydrogens is 279 g/mol. The average Bonchev–Trinajstić information content (AvgIpc) is 2.95. The summed E-state index contributed by atoms with van der Waals surface area (Å²) >= 11 is 0. The van der Waals surface area contributed by atoms with Gasteiger partial charge in [0.1, 0.15) is 5.76 Å². The number of hydrogen-bond donors (Lipinski definition) is 1. The van der Waals surface area contributed by atoms with Crippen LogP contribution in [-0.2, 0) is 12.6 Å². The fourth-order valence-corrected chi connectivity index (χ4v) is 2.19. The first kappa shape index (κ1) is 15.6. The molecule has 1 aromatic carbocycles. The number of furan rings is 1. The normalized spacial score (nSPS) is 13.3. The number of hydrogen-bond acceptors (Lipinski definition) is 2. The van der Waals surface area contributed by atoms with Crippen LogP contribution in [0.5, 0.6) is 0 Å². The molecule has 0 aliphatic heterocycles. The van der Waals surface area contributed by atoms with Gasteiger partial charge in [0.25, 0.3) is 0 Å². The summed E-state index contributed by atoms with van der Waals surface area (Å²) in [7, 11) is 0. The average molecular weight is 297 g/mol. The molecule has 0 bridgehead atoms. The fraction of sp³-hybridized carbons (Fsp3) is 0.375. The summed E-state index contributed by atoms with van der Waals surface area (Å²) in [4.78, 5) is 0. The first-order valence-electron chi connectivity index (χ1n) is 6.93. The molecule has 1 N–H and O–H groups in total. The van der Waals surface area contributed by atoms with E-state index in [1.165, 1.54) is 12.1 Å². The Kier molecular flexibility index (Phi) is 5.07. The van der Waals surface area contributed by atoms with Crippen LogP contribution in [0.2, 0.25) is 0 Å². The lowest BCUT2D eigenvalue weighted by atomic mass is 10.00. The molecule has 0 aliphatic carbocycles. The first-order valence-corrected chi connectivity index (χ1v) is 6.93. The molecule has 0 fully saturated rings. The summed E-state index contributed by atoms with van der Waals surface area (Å²) in [5.74, 6) is 0.751. The maximum Gasteiger partial charge on any atom is 0.416 e. The number of nitrogens with one attached hydrogen (secondary N) is 1. The highest BCUT2D eigenvalue weighted by Crippen LogP contribution is 2.31. The minimum absolute atomic E-state index is 0.196. The smallest absolute Gasteiger partial charge is 0.416 e. The Labute approximate surface area is 122 Å². The molecular formula is C16H18F3NO. The number of alkyl halides is 3. The quantitative estimate of drug-likeness (QED) is 0.844. The van der Waals surface area contributed by atoms with Gasteiger partial charge in [0.15, 0.2) is 0 Å². The van der Waals surface area contributed by atoms with Crippen molar-refractivity contribution < 1.29 is 17.6 Å². The van der Waals surface area contributed by atoms with Crippen molar-refractivity contribution in [2.45, 2.75) is 32.0 Å². The zero-order valence-corrected chi connectivity index (χ0v) is 11.8. The topological polar surface area (TPSA) is 25.2 Å². The molecule has 0 saturated carbocycles. The third-order valence-electron chi connectivity index (χ3n) is 3.24. The second-order valence-electron chi connectivity index (χ2n) is 4.91.